The van der Waals surface area contributed by atoms with Crippen molar-refractivity contribution in [3.8, 4) is 0 Å². The molecule has 3 nitrogen and oxygen atoms in total. The number of esters is 1. The van der Waals surface area contributed by atoms with Crippen molar-refractivity contribution in [2.75, 3.05) is 0 Å². The Bertz CT molecular complexity index is 659. The third-order valence-corrected chi connectivity index (χ3v) is 5.49. The highest BCUT2D eigenvalue weighted by molar-refractivity contribution is 9.09. The van der Waals surface area contributed by atoms with E-state index >= 15 is 0 Å². The largest absolute Gasteiger partial charge is 0.522 e. The number of carbonyl (C=O) groups excluding carboxylic acids is 1. The predicted molar refractivity (Wildman–Crippen MR) is 101 cm³/mol. The molecular weight excluding hydrogens is 425 g/mol. The van der Waals surface area contributed by atoms with Gasteiger partial charge in [0.25, 0.3) is 0 Å². The van der Waals surface area contributed by atoms with Crippen molar-refractivity contribution >= 4 is 21.9 Å². The van der Waals surface area contributed by atoms with Gasteiger partial charge in [0.05, 0.1) is 6.10 Å². The highest BCUT2D eigenvalue weighted by Gasteiger charge is 2.36. The Morgan fingerprint density at radius 3 is 2.26 bits per heavy atom. The molecule has 0 N–H and O–H groups in total. The summed E-state index contributed by atoms with van der Waals surface area (Å²) in [6.45, 7) is 7.39. The van der Waals surface area contributed by atoms with Crippen molar-refractivity contribution in [1.29, 1.82) is 0 Å². The van der Waals surface area contributed by atoms with E-state index in [1.807, 2.05) is 45.9 Å². The first-order valence-corrected chi connectivity index (χ1v) is 10.00. The van der Waals surface area contributed by atoms with Crippen LogP contribution in [-0.2, 0) is 14.3 Å². The van der Waals surface area contributed by atoms with Crippen molar-refractivity contribution in [3.63, 3.8) is 0 Å². The number of carbonyl (C=O) groups is 1. The standard InChI is InChI=1S/C20H26BrF3O3/c1-12-6-5-7-15(17(21)18(25)27-19(2,3)4)16(12)13-8-10-14(11-9-13)26-20(22,23)24/h5-7,13-14,17H,8-11H2,1-4H3. The van der Waals surface area contributed by atoms with Gasteiger partial charge in [0, 0.05) is 0 Å². The van der Waals surface area contributed by atoms with E-state index in [9.17, 15) is 18.0 Å². The molecule has 0 bridgehead atoms. The summed E-state index contributed by atoms with van der Waals surface area (Å²) in [6, 6.07) is 5.72. The van der Waals surface area contributed by atoms with E-state index in [1.165, 1.54) is 0 Å². The first kappa shape index (κ1) is 22.2. The molecule has 1 aromatic carbocycles. The van der Waals surface area contributed by atoms with E-state index in [0.717, 1.165) is 16.7 Å². The third kappa shape index (κ3) is 6.49. The number of ether oxygens (including phenoxy) is 2. The van der Waals surface area contributed by atoms with Crippen LogP contribution in [0.4, 0.5) is 13.2 Å². The molecule has 1 aliphatic rings. The molecule has 2 rings (SSSR count). The van der Waals surface area contributed by atoms with Crippen LogP contribution >= 0.6 is 15.9 Å². The maximum absolute atomic E-state index is 12.5. The van der Waals surface area contributed by atoms with Crippen molar-refractivity contribution in [3.05, 3.63) is 34.9 Å². The van der Waals surface area contributed by atoms with E-state index < -0.39 is 22.9 Å². The van der Waals surface area contributed by atoms with Gasteiger partial charge in [-0.05, 0) is 76.0 Å². The van der Waals surface area contributed by atoms with Gasteiger partial charge in [-0.1, -0.05) is 34.1 Å². The van der Waals surface area contributed by atoms with Crippen LogP contribution in [0.1, 0.15) is 73.9 Å². The molecular formula is C20H26BrF3O3. The van der Waals surface area contributed by atoms with Gasteiger partial charge in [0.15, 0.2) is 0 Å². The van der Waals surface area contributed by atoms with Gasteiger partial charge in [-0.15, -0.1) is 13.2 Å². The molecule has 1 aromatic rings. The Kier molecular flexibility index (Phi) is 7.01. The molecule has 1 fully saturated rings. The number of rotatable bonds is 4. The lowest BCUT2D eigenvalue weighted by Gasteiger charge is -2.32. The molecule has 1 saturated carbocycles. The normalized spacial score (nSPS) is 22.4. The number of aryl methyl sites for hydroxylation is 1. The average Bonchev–Trinajstić information content (AvgIpc) is 2.52. The molecule has 7 heteroatoms. The van der Waals surface area contributed by atoms with Crippen LogP contribution in [0, 0.1) is 6.92 Å². The van der Waals surface area contributed by atoms with Crippen LogP contribution in [0.2, 0.25) is 0 Å². The summed E-state index contributed by atoms with van der Waals surface area (Å²) >= 11 is 3.46. The minimum atomic E-state index is -4.59. The molecule has 0 radical (unpaired) electrons. The zero-order valence-electron chi connectivity index (χ0n) is 16.0. The second-order valence-electron chi connectivity index (χ2n) is 8.01. The highest BCUT2D eigenvalue weighted by atomic mass is 79.9. The van der Waals surface area contributed by atoms with E-state index in [2.05, 4.69) is 20.7 Å². The molecule has 0 amide bonds. The van der Waals surface area contributed by atoms with Gasteiger partial charge in [-0.25, -0.2) is 0 Å². The topological polar surface area (TPSA) is 35.5 Å². The predicted octanol–water partition coefficient (Wildman–Crippen LogP) is 6.34. The maximum atomic E-state index is 12.5. The molecule has 0 saturated heterocycles. The van der Waals surface area contributed by atoms with Crippen LogP contribution in [0.15, 0.2) is 18.2 Å². The van der Waals surface area contributed by atoms with Crippen molar-refractivity contribution in [2.24, 2.45) is 0 Å². The Hall–Kier alpha value is -1.08. The summed E-state index contributed by atoms with van der Waals surface area (Å²) in [5, 5.41) is 0. The second-order valence-corrected chi connectivity index (χ2v) is 8.93. The Morgan fingerprint density at radius 2 is 1.74 bits per heavy atom. The number of hydrogen-bond donors (Lipinski definition) is 0. The number of halogens is 4. The van der Waals surface area contributed by atoms with Gasteiger partial charge in [-0.2, -0.15) is 0 Å². The average molecular weight is 451 g/mol. The summed E-state index contributed by atoms with van der Waals surface area (Å²) in [5.41, 5.74) is 2.28. The summed E-state index contributed by atoms with van der Waals surface area (Å²) in [7, 11) is 0. The first-order chi connectivity index (χ1) is 12.4. The number of benzene rings is 1. The van der Waals surface area contributed by atoms with E-state index in [-0.39, 0.29) is 11.9 Å². The van der Waals surface area contributed by atoms with E-state index in [4.69, 9.17) is 4.74 Å². The molecule has 0 spiro atoms. The number of hydrogen-bond acceptors (Lipinski definition) is 3. The molecule has 1 atom stereocenters. The monoisotopic (exact) mass is 450 g/mol. The lowest BCUT2D eigenvalue weighted by atomic mass is 9.78. The second kappa shape index (κ2) is 8.52. The van der Waals surface area contributed by atoms with Crippen LogP contribution in [0.5, 0.6) is 0 Å². The third-order valence-electron chi connectivity index (χ3n) is 4.63. The van der Waals surface area contributed by atoms with E-state index in [0.29, 0.717) is 25.7 Å². The minimum absolute atomic E-state index is 0.0942. The first-order valence-electron chi connectivity index (χ1n) is 9.08. The fourth-order valence-electron chi connectivity index (χ4n) is 3.62. The summed E-state index contributed by atoms with van der Waals surface area (Å²) in [4.78, 5) is 11.9. The van der Waals surface area contributed by atoms with Crippen LogP contribution in [-0.4, -0.2) is 24.0 Å². The van der Waals surface area contributed by atoms with Crippen molar-refractivity contribution in [1.82, 2.24) is 0 Å². The molecule has 152 valence electrons. The lowest BCUT2D eigenvalue weighted by molar-refractivity contribution is -0.345. The molecule has 27 heavy (non-hydrogen) atoms. The SMILES string of the molecule is Cc1cccc(C(Br)C(=O)OC(C)(C)C)c1C1CCC(OC(F)(F)F)CC1. The van der Waals surface area contributed by atoms with Gasteiger partial charge < -0.3 is 4.74 Å². The molecule has 0 aromatic heterocycles. The highest BCUT2D eigenvalue weighted by Crippen LogP contribution is 2.42. The fourth-order valence-corrected chi connectivity index (χ4v) is 4.11. The summed E-state index contributed by atoms with van der Waals surface area (Å²) in [6.07, 6.45) is -3.52. The summed E-state index contributed by atoms with van der Waals surface area (Å²) < 4.78 is 47.0. The zero-order chi connectivity index (χ0) is 20.4. The fraction of sp³-hybridized carbons (Fsp3) is 0.650. The van der Waals surface area contributed by atoms with Crippen LogP contribution < -0.4 is 0 Å². The van der Waals surface area contributed by atoms with Gasteiger partial charge in [0.1, 0.15) is 10.4 Å². The molecule has 0 aliphatic heterocycles. The lowest BCUT2D eigenvalue weighted by Crippen LogP contribution is -2.29. The van der Waals surface area contributed by atoms with Crippen molar-refractivity contribution < 1.29 is 27.4 Å². The Balaban J connectivity index is 2.18. The Morgan fingerprint density at radius 1 is 1.15 bits per heavy atom. The Labute approximate surface area is 166 Å². The number of alkyl halides is 4. The van der Waals surface area contributed by atoms with Crippen molar-refractivity contribution in [2.45, 2.75) is 82.2 Å². The van der Waals surface area contributed by atoms with Gasteiger partial charge in [0.2, 0.25) is 0 Å². The zero-order valence-corrected chi connectivity index (χ0v) is 17.6. The van der Waals surface area contributed by atoms with Crippen LogP contribution in [0.25, 0.3) is 0 Å². The molecule has 1 aliphatic carbocycles. The smallest absolute Gasteiger partial charge is 0.459 e. The van der Waals surface area contributed by atoms with Gasteiger partial charge >= 0.3 is 12.3 Å². The van der Waals surface area contributed by atoms with Crippen LogP contribution in [0.3, 0.4) is 0 Å². The van der Waals surface area contributed by atoms with Gasteiger partial charge in [-0.3, -0.25) is 9.53 Å². The quantitative estimate of drug-likeness (QED) is 0.396. The van der Waals surface area contributed by atoms with E-state index in [1.54, 1.807) is 0 Å². The molecule has 1 unspecified atom stereocenters. The maximum Gasteiger partial charge on any atom is 0.522 e. The minimum Gasteiger partial charge on any atom is -0.459 e. The summed E-state index contributed by atoms with van der Waals surface area (Å²) in [5.74, 6) is -0.278. The molecule has 0 heterocycles.